The molecule has 1 aliphatic rings. The maximum absolute atomic E-state index is 13.1. The van der Waals surface area contributed by atoms with Crippen LogP contribution in [0.2, 0.25) is 0 Å². The molecule has 1 saturated heterocycles. The summed E-state index contributed by atoms with van der Waals surface area (Å²) >= 11 is 0. The molecule has 0 unspecified atom stereocenters. The smallest absolute Gasteiger partial charge is 0.269 e. The summed E-state index contributed by atoms with van der Waals surface area (Å²) in [6.45, 7) is 4.05. The molecule has 8 heteroatoms. The molecule has 2 aromatic carbocycles. The minimum Gasteiger partial charge on any atom is -0.369 e. The van der Waals surface area contributed by atoms with Crippen LogP contribution in [0, 0.1) is 11.6 Å². The molecule has 2 aromatic rings. The number of rotatable bonds is 5. The summed E-state index contributed by atoms with van der Waals surface area (Å²) in [5.41, 5.74) is 5.63. The van der Waals surface area contributed by atoms with E-state index in [4.69, 9.17) is 0 Å². The summed E-state index contributed by atoms with van der Waals surface area (Å²) in [5.74, 6) is -3.20. The van der Waals surface area contributed by atoms with Crippen LogP contribution in [0.5, 0.6) is 0 Å². The van der Waals surface area contributed by atoms with Crippen LogP contribution in [-0.2, 0) is 4.79 Å². The minimum atomic E-state index is -1.12. The largest absolute Gasteiger partial charge is 0.369 e. The van der Waals surface area contributed by atoms with E-state index < -0.39 is 17.5 Å². The van der Waals surface area contributed by atoms with Gasteiger partial charge in [0.25, 0.3) is 5.91 Å². The maximum Gasteiger partial charge on any atom is 0.269 e. The van der Waals surface area contributed by atoms with Gasteiger partial charge >= 0.3 is 0 Å². The summed E-state index contributed by atoms with van der Waals surface area (Å²) in [4.78, 5) is 28.3. The molecule has 1 aliphatic heterocycles. The number of hydrogen-bond donors (Lipinski definition) is 2. The van der Waals surface area contributed by atoms with Gasteiger partial charge in [-0.2, -0.15) is 0 Å². The highest BCUT2D eigenvalue weighted by Gasteiger charge is 2.18. The quantitative estimate of drug-likeness (QED) is 0.769. The van der Waals surface area contributed by atoms with Gasteiger partial charge in [0.2, 0.25) is 5.91 Å². The SMILES string of the molecule is O=C(CCN1CCN(c2ccccc2)CC1)NNC(=O)c1ccc(F)c(F)c1. The van der Waals surface area contributed by atoms with Crippen LogP contribution in [0.15, 0.2) is 48.5 Å². The zero-order chi connectivity index (χ0) is 19.9. The van der Waals surface area contributed by atoms with Gasteiger partial charge in [-0.1, -0.05) is 18.2 Å². The summed E-state index contributed by atoms with van der Waals surface area (Å²) in [6, 6.07) is 13.0. The maximum atomic E-state index is 13.1. The summed E-state index contributed by atoms with van der Waals surface area (Å²) in [5, 5.41) is 0. The Kier molecular flexibility index (Phi) is 6.54. The molecule has 0 atom stereocenters. The summed E-state index contributed by atoms with van der Waals surface area (Å²) in [6.07, 6.45) is 0.226. The van der Waals surface area contributed by atoms with E-state index in [1.807, 2.05) is 18.2 Å². The van der Waals surface area contributed by atoms with Crippen molar-refractivity contribution in [2.24, 2.45) is 0 Å². The highest BCUT2D eigenvalue weighted by atomic mass is 19.2. The van der Waals surface area contributed by atoms with E-state index in [0.29, 0.717) is 6.54 Å². The molecule has 0 saturated carbocycles. The van der Waals surface area contributed by atoms with Crippen molar-refractivity contribution in [2.45, 2.75) is 6.42 Å². The first-order chi connectivity index (χ1) is 13.5. The Morgan fingerprint density at radius 3 is 2.29 bits per heavy atom. The third-order valence-corrected chi connectivity index (χ3v) is 4.65. The minimum absolute atomic E-state index is 0.0729. The molecule has 2 N–H and O–H groups in total. The van der Waals surface area contributed by atoms with Gasteiger partial charge in [0.1, 0.15) is 0 Å². The van der Waals surface area contributed by atoms with Crippen LogP contribution >= 0.6 is 0 Å². The first-order valence-electron chi connectivity index (χ1n) is 9.09. The number of carbonyl (C=O) groups excluding carboxylic acids is 2. The number of nitrogens with zero attached hydrogens (tertiary/aromatic N) is 2. The molecular formula is C20H22F2N4O2. The van der Waals surface area contributed by atoms with E-state index in [9.17, 15) is 18.4 Å². The van der Waals surface area contributed by atoms with Crippen LogP contribution in [-0.4, -0.2) is 49.4 Å². The van der Waals surface area contributed by atoms with Gasteiger partial charge < -0.3 is 4.90 Å². The van der Waals surface area contributed by atoms with Crippen molar-refractivity contribution in [3.63, 3.8) is 0 Å². The number of hydrogen-bond acceptors (Lipinski definition) is 4. The fraction of sp³-hybridized carbons (Fsp3) is 0.300. The molecule has 6 nitrogen and oxygen atoms in total. The molecule has 3 rings (SSSR count). The topological polar surface area (TPSA) is 64.7 Å². The van der Waals surface area contributed by atoms with Gasteiger partial charge in [-0.05, 0) is 30.3 Å². The molecule has 0 aromatic heterocycles. The Labute approximate surface area is 162 Å². The van der Waals surface area contributed by atoms with E-state index in [1.54, 1.807) is 0 Å². The van der Waals surface area contributed by atoms with Crippen molar-refractivity contribution in [1.82, 2.24) is 15.8 Å². The van der Waals surface area contributed by atoms with E-state index in [-0.39, 0.29) is 17.9 Å². The van der Waals surface area contributed by atoms with Crippen LogP contribution in [0.25, 0.3) is 0 Å². The van der Waals surface area contributed by atoms with Crippen molar-refractivity contribution in [3.05, 3.63) is 65.7 Å². The molecule has 2 amide bonds. The van der Waals surface area contributed by atoms with Crippen molar-refractivity contribution in [1.29, 1.82) is 0 Å². The van der Waals surface area contributed by atoms with Crippen LogP contribution in [0.1, 0.15) is 16.8 Å². The highest BCUT2D eigenvalue weighted by Crippen LogP contribution is 2.15. The standard InChI is InChI=1S/C20H22F2N4O2/c21-17-7-6-15(14-18(17)22)20(28)24-23-19(27)8-9-25-10-12-26(13-11-25)16-4-2-1-3-5-16/h1-7,14H,8-13H2,(H,23,27)(H,24,28). The third-order valence-electron chi connectivity index (χ3n) is 4.65. The van der Waals surface area contributed by atoms with Gasteiger partial charge in [-0.15, -0.1) is 0 Å². The van der Waals surface area contributed by atoms with Gasteiger partial charge in [-0.25, -0.2) is 8.78 Å². The van der Waals surface area contributed by atoms with E-state index in [2.05, 4.69) is 32.8 Å². The second-order valence-corrected chi connectivity index (χ2v) is 6.55. The van der Waals surface area contributed by atoms with Crippen molar-refractivity contribution >= 4 is 17.5 Å². The lowest BCUT2D eigenvalue weighted by Crippen LogP contribution is -2.48. The van der Waals surface area contributed by atoms with Crippen LogP contribution < -0.4 is 15.8 Å². The van der Waals surface area contributed by atoms with Crippen molar-refractivity contribution in [2.75, 3.05) is 37.6 Å². The Morgan fingerprint density at radius 2 is 1.61 bits per heavy atom. The van der Waals surface area contributed by atoms with E-state index >= 15 is 0 Å². The Morgan fingerprint density at radius 1 is 0.893 bits per heavy atom. The summed E-state index contributed by atoms with van der Waals surface area (Å²) in [7, 11) is 0. The Hall–Kier alpha value is -3.00. The van der Waals surface area contributed by atoms with E-state index in [1.165, 1.54) is 5.69 Å². The van der Waals surface area contributed by atoms with Gasteiger partial charge in [-0.3, -0.25) is 25.3 Å². The first-order valence-corrected chi connectivity index (χ1v) is 9.09. The molecule has 148 valence electrons. The number of nitrogens with one attached hydrogen (secondary N) is 2. The molecule has 0 aliphatic carbocycles. The summed E-state index contributed by atoms with van der Waals surface area (Å²) < 4.78 is 26.0. The first kappa shape index (κ1) is 19.8. The Bertz CT molecular complexity index is 824. The predicted octanol–water partition coefficient (Wildman–Crippen LogP) is 1.94. The lowest BCUT2D eigenvalue weighted by molar-refractivity contribution is -0.122. The van der Waals surface area contributed by atoms with Crippen molar-refractivity contribution < 1.29 is 18.4 Å². The molecule has 28 heavy (non-hydrogen) atoms. The van der Waals surface area contributed by atoms with Gasteiger partial charge in [0.15, 0.2) is 11.6 Å². The molecule has 0 radical (unpaired) electrons. The number of amides is 2. The van der Waals surface area contributed by atoms with Crippen LogP contribution in [0.3, 0.4) is 0 Å². The van der Waals surface area contributed by atoms with Gasteiger partial charge in [0.05, 0.1) is 0 Å². The molecule has 1 heterocycles. The lowest BCUT2D eigenvalue weighted by Gasteiger charge is -2.36. The fourth-order valence-corrected chi connectivity index (χ4v) is 3.03. The molecule has 0 bridgehead atoms. The number of anilines is 1. The normalized spacial score (nSPS) is 14.6. The number of halogens is 2. The number of para-hydroxylation sites is 1. The second-order valence-electron chi connectivity index (χ2n) is 6.55. The van der Waals surface area contributed by atoms with Gasteiger partial charge in [0, 0.05) is 50.4 Å². The van der Waals surface area contributed by atoms with Crippen molar-refractivity contribution in [3.8, 4) is 0 Å². The molecule has 0 spiro atoms. The van der Waals surface area contributed by atoms with Crippen LogP contribution in [0.4, 0.5) is 14.5 Å². The second kappa shape index (κ2) is 9.27. The average Bonchev–Trinajstić information content (AvgIpc) is 2.73. The third kappa shape index (κ3) is 5.26. The monoisotopic (exact) mass is 388 g/mol. The highest BCUT2D eigenvalue weighted by molar-refractivity contribution is 5.95. The molecule has 1 fully saturated rings. The zero-order valence-corrected chi connectivity index (χ0v) is 15.3. The van der Waals surface area contributed by atoms with E-state index in [0.717, 1.165) is 44.4 Å². The predicted molar refractivity (Wildman–Crippen MR) is 102 cm³/mol. The zero-order valence-electron chi connectivity index (χ0n) is 15.3. The Balaban J connectivity index is 1.37. The number of piperazine rings is 1. The average molecular weight is 388 g/mol. The lowest BCUT2D eigenvalue weighted by atomic mass is 10.2. The molecular weight excluding hydrogens is 366 g/mol. The number of hydrazine groups is 1. The fourth-order valence-electron chi connectivity index (χ4n) is 3.03. The number of benzene rings is 2. The number of carbonyl (C=O) groups is 2.